The summed E-state index contributed by atoms with van der Waals surface area (Å²) in [5.74, 6) is 0.457. The first-order chi connectivity index (χ1) is 8.49. The summed E-state index contributed by atoms with van der Waals surface area (Å²) in [6.45, 7) is 3.95. The third kappa shape index (κ3) is 3.47. The van der Waals surface area contributed by atoms with Crippen LogP contribution in [0, 0.1) is 23.7 Å². The summed E-state index contributed by atoms with van der Waals surface area (Å²) in [7, 11) is 0. The van der Waals surface area contributed by atoms with Gasteiger partial charge in [0, 0.05) is 5.92 Å². The maximum atomic E-state index is 12.2. The summed E-state index contributed by atoms with van der Waals surface area (Å²) in [6.07, 6.45) is 5.04. The zero-order chi connectivity index (χ0) is 13.3. The Labute approximate surface area is 108 Å². The van der Waals surface area contributed by atoms with Crippen LogP contribution in [-0.4, -0.2) is 23.0 Å². The molecule has 0 radical (unpaired) electrons. The van der Waals surface area contributed by atoms with Crippen LogP contribution in [0.1, 0.15) is 46.0 Å². The third-order valence-corrected chi connectivity index (χ3v) is 3.88. The Kier molecular flexibility index (Phi) is 3.93. The first kappa shape index (κ1) is 13.4. The van der Waals surface area contributed by atoms with Crippen LogP contribution in [-0.2, 0) is 9.59 Å². The van der Waals surface area contributed by atoms with Gasteiger partial charge in [0.2, 0.25) is 5.91 Å². The molecule has 0 aliphatic heterocycles. The summed E-state index contributed by atoms with van der Waals surface area (Å²) in [5.41, 5.74) is 0. The molecule has 2 aliphatic carbocycles. The Hall–Kier alpha value is -1.06. The smallest absolute Gasteiger partial charge is 0.326 e. The van der Waals surface area contributed by atoms with Gasteiger partial charge in [-0.3, -0.25) is 4.79 Å². The lowest BCUT2D eigenvalue weighted by molar-refractivity contribution is -0.143. The van der Waals surface area contributed by atoms with Crippen LogP contribution in [0.15, 0.2) is 0 Å². The highest BCUT2D eigenvalue weighted by molar-refractivity contribution is 5.85. The van der Waals surface area contributed by atoms with E-state index < -0.39 is 12.0 Å². The highest BCUT2D eigenvalue weighted by Gasteiger charge is 2.46. The fourth-order valence-electron chi connectivity index (χ4n) is 2.68. The predicted octanol–water partition coefficient (Wildman–Crippen LogP) is 2.04. The SMILES string of the molecule is CC(C)C[C@@H](NC(=O)C(C1CC1)C1CC1)C(=O)O. The number of nitrogens with one attached hydrogen (secondary N) is 1. The molecule has 1 amide bonds. The summed E-state index contributed by atoms with van der Waals surface area (Å²) < 4.78 is 0. The summed E-state index contributed by atoms with van der Waals surface area (Å²) >= 11 is 0. The van der Waals surface area contributed by atoms with Gasteiger partial charge in [-0.05, 0) is 49.9 Å². The summed E-state index contributed by atoms with van der Waals surface area (Å²) in [5, 5.41) is 11.9. The highest BCUT2D eigenvalue weighted by Crippen LogP contribution is 2.49. The minimum absolute atomic E-state index is 0.0203. The molecular formula is C14H23NO3. The number of carbonyl (C=O) groups is 2. The monoisotopic (exact) mass is 253 g/mol. The second-order valence-corrected chi connectivity index (χ2v) is 6.23. The van der Waals surface area contributed by atoms with E-state index in [-0.39, 0.29) is 17.7 Å². The van der Waals surface area contributed by atoms with Crippen LogP contribution in [0.4, 0.5) is 0 Å². The molecule has 2 N–H and O–H groups in total. The number of carboxylic acids is 1. The molecule has 2 aliphatic rings. The fourth-order valence-corrected chi connectivity index (χ4v) is 2.68. The van der Waals surface area contributed by atoms with E-state index in [0.717, 1.165) is 25.7 Å². The van der Waals surface area contributed by atoms with Crippen LogP contribution in [0.5, 0.6) is 0 Å². The van der Waals surface area contributed by atoms with Gasteiger partial charge < -0.3 is 10.4 Å². The number of carboxylic acid groups (broad SMARTS) is 1. The van der Waals surface area contributed by atoms with Gasteiger partial charge in [-0.1, -0.05) is 13.8 Å². The van der Waals surface area contributed by atoms with E-state index in [1.807, 2.05) is 13.8 Å². The van der Waals surface area contributed by atoms with E-state index in [1.165, 1.54) is 0 Å². The maximum absolute atomic E-state index is 12.2. The van der Waals surface area contributed by atoms with E-state index in [4.69, 9.17) is 5.11 Å². The van der Waals surface area contributed by atoms with Gasteiger partial charge in [-0.15, -0.1) is 0 Å². The largest absolute Gasteiger partial charge is 0.480 e. The number of hydrogen-bond acceptors (Lipinski definition) is 2. The molecule has 4 heteroatoms. The average Bonchev–Trinajstić information content (AvgIpc) is 3.09. The van der Waals surface area contributed by atoms with Gasteiger partial charge in [-0.25, -0.2) is 4.79 Å². The van der Waals surface area contributed by atoms with Crippen molar-refractivity contribution in [1.82, 2.24) is 5.32 Å². The molecule has 0 aromatic rings. The second kappa shape index (κ2) is 5.29. The average molecular weight is 253 g/mol. The van der Waals surface area contributed by atoms with Crippen molar-refractivity contribution in [2.45, 2.75) is 52.0 Å². The number of hydrogen-bond donors (Lipinski definition) is 2. The molecule has 0 bridgehead atoms. The normalized spacial score (nSPS) is 21.1. The second-order valence-electron chi connectivity index (χ2n) is 6.23. The van der Waals surface area contributed by atoms with E-state index in [0.29, 0.717) is 18.3 Å². The lowest BCUT2D eigenvalue weighted by Crippen LogP contribution is -2.45. The molecule has 0 spiro atoms. The van der Waals surface area contributed by atoms with Gasteiger partial charge in [0.15, 0.2) is 0 Å². The van der Waals surface area contributed by atoms with Crippen molar-refractivity contribution in [3.05, 3.63) is 0 Å². The molecule has 0 aromatic heterocycles. The van der Waals surface area contributed by atoms with Crippen molar-refractivity contribution in [2.75, 3.05) is 0 Å². The predicted molar refractivity (Wildman–Crippen MR) is 68.0 cm³/mol. The standard InChI is InChI=1S/C14H23NO3/c1-8(2)7-11(14(17)18)15-13(16)12(9-3-4-9)10-5-6-10/h8-12H,3-7H2,1-2H3,(H,15,16)(H,17,18)/t11-/m1/s1. The number of amides is 1. The molecule has 0 aromatic carbocycles. The Morgan fingerprint density at radius 3 is 2.00 bits per heavy atom. The first-order valence-electron chi connectivity index (χ1n) is 7.02. The number of rotatable bonds is 7. The van der Waals surface area contributed by atoms with Crippen molar-refractivity contribution in [2.24, 2.45) is 23.7 Å². The number of carbonyl (C=O) groups excluding carboxylic acids is 1. The molecule has 2 saturated carbocycles. The van der Waals surface area contributed by atoms with Crippen molar-refractivity contribution in [3.63, 3.8) is 0 Å². The quantitative estimate of drug-likeness (QED) is 0.729. The Morgan fingerprint density at radius 2 is 1.67 bits per heavy atom. The number of aliphatic carboxylic acids is 1. The lowest BCUT2D eigenvalue weighted by Gasteiger charge is -2.21. The Bertz CT molecular complexity index is 320. The molecule has 2 rings (SSSR count). The topological polar surface area (TPSA) is 66.4 Å². The molecule has 102 valence electrons. The molecule has 2 fully saturated rings. The van der Waals surface area contributed by atoms with Gasteiger partial charge in [-0.2, -0.15) is 0 Å². The zero-order valence-electron chi connectivity index (χ0n) is 11.2. The van der Waals surface area contributed by atoms with Crippen molar-refractivity contribution in [1.29, 1.82) is 0 Å². The molecule has 0 heterocycles. The third-order valence-electron chi connectivity index (χ3n) is 3.88. The van der Waals surface area contributed by atoms with Crippen molar-refractivity contribution in [3.8, 4) is 0 Å². The minimum atomic E-state index is -0.914. The minimum Gasteiger partial charge on any atom is -0.480 e. The Morgan fingerprint density at radius 1 is 1.17 bits per heavy atom. The van der Waals surface area contributed by atoms with E-state index >= 15 is 0 Å². The van der Waals surface area contributed by atoms with Gasteiger partial charge in [0.1, 0.15) is 6.04 Å². The first-order valence-corrected chi connectivity index (χ1v) is 7.02. The molecular weight excluding hydrogens is 230 g/mol. The summed E-state index contributed by atoms with van der Waals surface area (Å²) in [4.78, 5) is 23.4. The highest BCUT2D eigenvalue weighted by atomic mass is 16.4. The molecule has 0 saturated heterocycles. The van der Waals surface area contributed by atoms with Gasteiger partial charge in [0.25, 0.3) is 0 Å². The van der Waals surface area contributed by atoms with Gasteiger partial charge >= 0.3 is 5.97 Å². The van der Waals surface area contributed by atoms with E-state index in [9.17, 15) is 9.59 Å². The van der Waals surface area contributed by atoms with E-state index in [1.54, 1.807) is 0 Å². The lowest BCUT2D eigenvalue weighted by atomic mass is 9.95. The molecule has 1 atom stereocenters. The molecule has 0 unspecified atom stereocenters. The van der Waals surface area contributed by atoms with Crippen molar-refractivity contribution >= 4 is 11.9 Å². The van der Waals surface area contributed by atoms with E-state index in [2.05, 4.69) is 5.32 Å². The van der Waals surface area contributed by atoms with Crippen LogP contribution < -0.4 is 5.32 Å². The van der Waals surface area contributed by atoms with Crippen molar-refractivity contribution < 1.29 is 14.7 Å². The summed E-state index contributed by atoms with van der Waals surface area (Å²) in [6, 6.07) is -0.725. The van der Waals surface area contributed by atoms with Crippen LogP contribution in [0.25, 0.3) is 0 Å². The molecule has 4 nitrogen and oxygen atoms in total. The van der Waals surface area contributed by atoms with Crippen LogP contribution in [0.2, 0.25) is 0 Å². The van der Waals surface area contributed by atoms with Crippen LogP contribution >= 0.6 is 0 Å². The van der Waals surface area contributed by atoms with Gasteiger partial charge in [0.05, 0.1) is 0 Å². The zero-order valence-corrected chi connectivity index (χ0v) is 11.2. The Balaban J connectivity index is 1.92. The van der Waals surface area contributed by atoms with Crippen LogP contribution in [0.3, 0.4) is 0 Å². The maximum Gasteiger partial charge on any atom is 0.326 e. The molecule has 18 heavy (non-hydrogen) atoms. The fraction of sp³-hybridized carbons (Fsp3) is 0.857.